The van der Waals surface area contributed by atoms with Crippen molar-refractivity contribution in [1.29, 1.82) is 0 Å². The van der Waals surface area contributed by atoms with E-state index in [1.54, 1.807) is 0 Å². The molecule has 6 atom stereocenters. The van der Waals surface area contributed by atoms with E-state index in [0.29, 0.717) is 36.0 Å². The normalized spacial score (nSPS) is 33.1. The lowest BCUT2D eigenvalue weighted by Crippen LogP contribution is -2.31. The van der Waals surface area contributed by atoms with Crippen LogP contribution in [-0.2, 0) is 9.53 Å². The van der Waals surface area contributed by atoms with Crippen molar-refractivity contribution in [2.24, 2.45) is 29.6 Å². The van der Waals surface area contributed by atoms with Gasteiger partial charge >= 0.3 is 0 Å². The van der Waals surface area contributed by atoms with Gasteiger partial charge in [-0.05, 0) is 81.5 Å². The second-order valence-corrected chi connectivity index (χ2v) is 11.0. The van der Waals surface area contributed by atoms with Gasteiger partial charge in [-0.1, -0.05) is 87.6 Å². The predicted octanol–water partition coefficient (Wildman–Crippen LogP) is 8.09. The van der Waals surface area contributed by atoms with E-state index in [0.717, 1.165) is 50.6 Å². The van der Waals surface area contributed by atoms with E-state index in [4.69, 9.17) is 4.74 Å². The Balaban J connectivity index is 2.11. The van der Waals surface area contributed by atoms with E-state index >= 15 is 0 Å². The Hall–Kier alpha value is -2.13. The zero-order chi connectivity index (χ0) is 26.0. The Kier molecular flexibility index (Phi) is 12.0. The number of ether oxygens (including phenoxy) is 1. The van der Waals surface area contributed by atoms with Crippen molar-refractivity contribution in [3.05, 3.63) is 72.5 Å². The number of carbonyl (C=O) groups is 1. The van der Waals surface area contributed by atoms with Gasteiger partial charge in [-0.25, -0.2) is 0 Å². The lowest BCUT2D eigenvalue weighted by Gasteiger charge is -2.30. The standard InChI is InChI=1S/C32H49NO2/c1-22-14-11-9-10-12-17-31(35-8)28(7)24(3)19-25(4)30(18-22)27(6)23(2)15-13-16-29-20-26(5)33-32(34)21-29/h11-12,14,17,19,24,27-31H,1-2,5,9-10,13,15-16,18,20-21H2,3-4,6-8H3,(H,33,34)/b14-11+,17-12+,25-19-. The van der Waals surface area contributed by atoms with Gasteiger partial charge in [-0.2, -0.15) is 0 Å². The first-order chi connectivity index (χ1) is 16.6. The molecule has 194 valence electrons. The molecule has 0 bridgehead atoms. The minimum Gasteiger partial charge on any atom is -0.377 e. The van der Waals surface area contributed by atoms with Crippen molar-refractivity contribution in [3.8, 4) is 0 Å². The smallest absolute Gasteiger partial charge is 0.224 e. The summed E-state index contributed by atoms with van der Waals surface area (Å²) in [4.78, 5) is 11.8. The summed E-state index contributed by atoms with van der Waals surface area (Å²) in [5.41, 5.74) is 4.77. The van der Waals surface area contributed by atoms with Crippen LogP contribution in [-0.4, -0.2) is 19.1 Å². The zero-order valence-electron chi connectivity index (χ0n) is 22.9. The highest BCUT2D eigenvalue weighted by Crippen LogP contribution is 2.36. The summed E-state index contributed by atoms with van der Waals surface area (Å²) in [5.74, 6) is 2.08. The van der Waals surface area contributed by atoms with Crippen molar-refractivity contribution in [2.45, 2.75) is 85.2 Å². The van der Waals surface area contributed by atoms with E-state index in [9.17, 15) is 4.79 Å². The molecule has 1 heterocycles. The number of rotatable bonds is 7. The molecule has 0 saturated carbocycles. The number of hydrogen-bond acceptors (Lipinski definition) is 2. The molecule has 0 aromatic carbocycles. The van der Waals surface area contributed by atoms with Gasteiger partial charge in [0.15, 0.2) is 0 Å². The van der Waals surface area contributed by atoms with Gasteiger partial charge in [-0.15, -0.1) is 0 Å². The topological polar surface area (TPSA) is 38.3 Å². The van der Waals surface area contributed by atoms with Gasteiger partial charge in [-0.3, -0.25) is 4.79 Å². The number of allylic oxidation sites excluding steroid dienone is 8. The molecule has 1 aliphatic heterocycles. The molecule has 35 heavy (non-hydrogen) atoms. The molecule has 1 aliphatic carbocycles. The maximum atomic E-state index is 11.8. The molecule has 2 rings (SSSR count). The maximum Gasteiger partial charge on any atom is 0.224 e. The Labute approximate surface area is 215 Å². The number of nitrogens with one attached hydrogen (secondary N) is 1. The molecule has 1 fully saturated rings. The number of methoxy groups -OCH3 is 1. The molecule has 1 amide bonds. The summed E-state index contributed by atoms with van der Waals surface area (Å²) >= 11 is 0. The molecular weight excluding hydrogens is 430 g/mol. The largest absolute Gasteiger partial charge is 0.377 e. The maximum absolute atomic E-state index is 11.8. The second kappa shape index (κ2) is 14.4. The van der Waals surface area contributed by atoms with Gasteiger partial charge in [0.05, 0.1) is 6.10 Å². The van der Waals surface area contributed by atoms with Crippen LogP contribution < -0.4 is 5.32 Å². The Morgan fingerprint density at radius 2 is 1.89 bits per heavy atom. The van der Waals surface area contributed by atoms with E-state index in [1.807, 2.05) is 7.11 Å². The fraction of sp³-hybridized carbons (Fsp3) is 0.594. The third kappa shape index (κ3) is 9.44. The number of carbonyl (C=O) groups excluding carboxylic acids is 1. The quantitative estimate of drug-likeness (QED) is 0.375. The van der Waals surface area contributed by atoms with Crippen LogP contribution in [0.4, 0.5) is 0 Å². The second-order valence-electron chi connectivity index (χ2n) is 11.0. The van der Waals surface area contributed by atoms with Gasteiger partial charge in [0.25, 0.3) is 0 Å². The first-order valence-corrected chi connectivity index (χ1v) is 13.5. The van der Waals surface area contributed by atoms with Crippen molar-refractivity contribution in [2.75, 3.05) is 7.11 Å². The van der Waals surface area contributed by atoms with Crippen LogP contribution in [0.25, 0.3) is 0 Å². The van der Waals surface area contributed by atoms with Gasteiger partial charge < -0.3 is 10.1 Å². The Morgan fingerprint density at radius 3 is 2.57 bits per heavy atom. The summed E-state index contributed by atoms with van der Waals surface area (Å²) in [6, 6.07) is 0. The third-order valence-electron chi connectivity index (χ3n) is 8.07. The third-order valence-corrected chi connectivity index (χ3v) is 8.07. The lowest BCUT2D eigenvalue weighted by molar-refractivity contribution is -0.122. The average Bonchev–Trinajstić information content (AvgIpc) is 2.79. The first-order valence-electron chi connectivity index (χ1n) is 13.5. The lowest BCUT2D eigenvalue weighted by atomic mass is 9.76. The van der Waals surface area contributed by atoms with Crippen molar-refractivity contribution in [1.82, 2.24) is 5.32 Å². The van der Waals surface area contributed by atoms with E-state index in [2.05, 4.69) is 83.1 Å². The van der Waals surface area contributed by atoms with Crippen molar-refractivity contribution < 1.29 is 9.53 Å². The summed E-state index contributed by atoms with van der Waals surface area (Å²) in [7, 11) is 1.81. The van der Waals surface area contributed by atoms with Crippen LogP contribution in [0.15, 0.2) is 72.5 Å². The molecule has 6 unspecified atom stereocenters. The van der Waals surface area contributed by atoms with Crippen LogP contribution in [0.2, 0.25) is 0 Å². The fourth-order valence-corrected chi connectivity index (χ4v) is 5.53. The van der Waals surface area contributed by atoms with Crippen LogP contribution in [0, 0.1) is 29.6 Å². The highest BCUT2D eigenvalue weighted by molar-refractivity contribution is 5.79. The summed E-state index contributed by atoms with van der Waals surface area (Å²) in [5, 5.41) is 2.85. The number of amides is 1. The molecule has 0 aromatic rings. The first kappa shape index (κ1) is 29.1. The molecular formula is C32H49NO2. The van der Waals surface area contributed by atoms with Gasteiger partial charge in [0, 0.05) is 19.2 Å². The monoisotopic (exact) mass is 479 g/mol. The fourth-order valence-electron chi connectivity index (χ4n) is 5.53. The van der Waals surface area contributed by atoms with Crippen LogP contribution in [0.3, 0.4) is 0 Å². The summed E-state index contributed by atoms with van der Waals surface area (Å²) in [6.07, 6.45) is 19.1. The highest BCUT2D eigenvalue weighted by Gasteiger charge is 2.26. The van der Waals surface area contributed by atoms with Gasteiger partial charge in [0.1, 0.15) is 0 Å². The van der Waals surface area contributed by atoms with Crippen LogP contribution in [0.1, 0.15) is 79.1 Å². The van der Waals surface area contributed by atoms with Crippen molar-refractivity contribution >= 4 is 5.91 Å². The molecule has 0 spiro atoms. The van der Waals surface area contributed by atoms with Crippen LogP contribution in [0.5, 0.6) is 0 Å². The predicted molar refractivity (Wildman–Crippen MR) is 150 cm³/mol. The molecule has 2 aliphatic rings. The van der Waals surface area contributed by atoms with Crippen LogP contribution >= 0.6 is 0 Å². The Bertz CT molecular complexity index is 830. The molecule has 0 aromatic heterocycles. The molecule has 3 heteroatoms. The minimum absolute atomic E-state index is 0.111. The average molecular weight is 480 g/mol. The van der Waals surface area contributed by atoms with Crippen molar-refractivity contribution in [3.63, 3.8) is 0 Å². The molecule has 1 saturated heterocycles. The Morgan fingerprint density at radius 1 is 1.17 bits per heavy atom. The SMILES string of the molecule is C=C1/C=C/CC/C=C/C(OC)C(C)C(C)/C=C(/C)C(C(C)C(=C)CCCC2CC(=C)NC(=O)C2)C1. The number of piperidine rings is 1. The van der Waals surface area contributed by atoms with E-state index in [-0.39, 0.29) is 12.0 Å². The van der Waals surface area contributed by atoms with E-state index < -0.39 is 0 Å². The highest BCUT2D eigenvalue weighted by atomic mass is 16.5. The van der Waals surface area contributed by atoms with Gasteiger partial charge in [0.2, 0.25) is 5.91 Å². The summed E-state index contributed by atoms with van der Waals surface area (Å²) < 4.78 is 5.81. The molecule has 0 radical (unpaired) electrons. The molecule has 1 N–H and O–H groups in total. The minimum atomic E-state index is 0.111. The van der Waals surface area contributed by atoms with E-state index in [1.165, 1.54) is 16.7 Å². The number of hydrogen-bond donors (Lipinski definition) is 1. The molecule has 3 nitrogen and oxygen atoms in total. The summed E-state index contributed by atoms with van der Waals surface area (Å²) in [6.45, 7) is 22.1. The zero-order valence-corrected chi connectivity index (χ0v) is 22.9.